The highest BCUT2D eigenvalue weighted by Gasteiger charge is 2.44. The van der Waals surface area contributed by atoms with Crippen molar-refractivity contribution in [3.05, 3.63) is 71.9 Å². The van der Waals surface area contributed by atoms with E-state index < -0.39 is 5.60 Å². The maximum atomic E-state index is 12.6. The Hall–Kier alpha value is -5.02. The summed E-state index contributed by atoms with van der Waals surface area (Å²) in [5.41, 5.74) is 5.35. The van der Waals surface area contributed by atoms with Gasteiger partial charge in [-0.3, -0.25) is 9.88 Å². The summed E-state index contributed by atoms with van der Waals surface area (Å²) in [6.07, 6.45) is 12.6. The molecule has 8 rings (SSSR count). The number of rotatable bonds is 6. The normalized spacial score (nSPS) is 19.8. The number of hydrogen-bond acceptors (Lipinski definition) is 10. The van der Waals surface area contributed by atoms with Gasteiger partial charge in [-0.25, -0.2) is 19.3 Å². The number of methoxy groups -OCH3 is 1. The van der Waals surface area contributed by atoms with Gasteiger partial charge in [0, 0.05) is 68.8 Å². The fraction of sp³-hybridized carbons (Fsp3) is 0.412. The minimum absolute atomic E-state index is 0.312. The van der Waals surface area contributed by atoms with E-state index in [1.807, 2.05) is 45.4 Å². The van der Waals surface area contributed by atoms with Gasteiger partial charge in [-0.2, -0.15) is 10.4 Å². The van der Waals surface area contributed by atoms with Gasteiger partial charge in [0.15, 0.2) is 0 Å². The molecule has 3 saturated heterocycles. The van der Waals surface area contributed by atoms with Gasteiger partial charge in [-0.1, -0.05) is 12.1 Å². The van der Waals surface area contributed by atoms with Crippen molar-refractivity contribution in [3.8, 4) is 23.2 Å². The van der Waals surface area contributed by atoms with E-state index in [0.717, 1.165) is 42.2 Å². The Morgan fingerprint density at radius 1 is 1.09 bits per heavy atom. The zero-order valence-electron chi connectivity index (χ0n) is 26.6. The Kier molecular flexibility index (Phi) is 7.56. The molecule has 0 spiro atoms. The van der Waals surface area contributed by atoms with Crippen molar-refractivity contribution in [1.82, 2.24) is 34.4 Å². The molecule has 0 N–H and O–H groups in total. The van der Waals surface area contributed by atoms with Crippen molar-refractivity contribution in [3.63, 3.8) is 0 Å². The predicted octanol–water partition coefficient (Wildman–Crippen LogP) is 4.55. The van der Waals surface area contributed by atoms with E-state index in [9.17, 15) is 10.1 Å². The van der Waals surface area contributed by atoms with E-state index in [2.05, 4.69) is 44.2 Å². The third-order valence-corrected chi connectivity index (χ3v) is 8.92. The van der Waals surface area contributed by atoms with Gasteiger partial charge in [0.1, 0.15) is 17.5 Å². The van der Waals surface area contributed by atoms with E-state index in [-0.39, 0.29) is 6.09 Å². The lowest BCUT2D eigenvalue weighted by Crippen LogP contribution is -2.68. The van der Waals surface area contributed by atoms with Crippen LogP contribution in [0.3, 0.4) is 0 Å². The number of amides is 1. The van der Waals surface area contributed by atoms with Crippen LogP contribution in [0.1, 0.15) is 50.3 Å². The summed E-state index contributed by atoms with van der Waals surface area (Å²) in [6.45, 7) is 9.28. The molecule has 2 atom stereocenters. The van der Waals surface area contributed by atoms with E-state index in [1.165, 1.54) is 12.0 Å². The summed E-state index contributed by atoms with van der Waals surface area (Å²) in [7, 11) is 1.63. The van der Waals surface area contributed by atoms with Crippen molar-refractivity contribution >= 4 is 23.0 Å². The van der Waals surface area contributed by atoms with E-state index in [0.29, 0.717) is 54.2 Å². The molecule has 3 fully saturated rings. The number of carbonyl (C=O) groups excluding carboxylic acids is 1. The van der Waals surface area contributed by atoms with Crippen LogP contribution in [0, 0.1) is 11.3 Å². The molecule has 12 heteroatoms. The fourth-order valence-electron chi connectivity index (χ4n) is 6.59. The summed E-state index contributed by atoms with van der Waals surface area (Å²) < 4.78 is 12.5. The van der Waals surface area contributed by atoms with Crippen molar-refractivity contribution in [2.24, 2.45) is 0 Å². The second-order valence-corrected chi connectivity index (χ2v) is 13.1. The van der Waals surface area contributed by atoms with E-state index >= 15 is 0 Å². The molecule has 46 heavy (non-hydrogen) atoms. The monoisotopic (exact) mass is 619 g/mol. The molecular weight excluding hydrogens is 582 g/mol. The molecule has 1 amide bonds. The van der Waals surface area contributed by atoms with Crippen LogP contribution in [0.4, 0.5) is 10.6 Å². The number of fused-ring (bicyclic) bond motifs is 3. The SMILES string of the molecule is COc1ccc(CN2C3CC2CN(c2cnc(-c4cc(C5=CCN(C(=O)OC(C)(C)C)CC5)cn5ncc(C#N)c45)cn2)C3)cn1. The maximum Gasteiger partial charge on any atom is 0.410 e. The van der Waals surface area contributed by atoms with Gasteiger partial charge >= 0.3 is 6.09 Å². The first-order valence-electron chi connectivity index (χ1n) is 15.6. The number of carbonyl (C=O) groups is 1. The number of anilines is 1. The minimum atomic E-state index is -0.541. The van der Waals surface area contributed by atoms with Crippen LogP contribution < -0.4 is 9.64 Å². The Labute approximate surface area is 267 Å². The molecule has 0 radical (unpaired) electrons. The van der Waals surface area contributed by atoms with Crippen LogP contribution in [0.2, 0.25) is 0 Å². The smallest absolute Gasteiger partial charge is 0.410 e. The summed E-state index contributed by atoms with van der Waals surface area (Å²) in [6, 6.07) is 9.23. The van der Waals surface area contributed by atoms with Gasteiger partial charge < -0.3 is 19.3 Å². The second-order valence-electron chi connectivity index (χ2n) is 13.1. The van der Waals surface area contributed by atoms with Gasteiger partial charge in [0.2, 0.25) is 5.88 Å². The number of ether oxygens (including phenoxy) is 2. The first-order chi connectivity index (χ1) is 22.2. The first kappa shape index (κ1) is 29.7. The van der Waals surface area contributed by atoms with Gasteiger partial charge in [-0.05, 0) is 56.4 Å². The highest BCUT2D eigenvalue weighted by molar-refractivity contribution is 5.85. The lowest BCUT2D eigenvalue weighted by molar-refractivity contribution is -0.00879. The Balaban J connectivity index is 1.08. The Bertz CT molecular complexity index is 1830. The quantitative estimate of drug-likeness (QED) is 0.303. The number of piperidine rings is 1. The number of pyridine rings is 2. The molecular formula is C34H37N9O3. The lowest BCUT2D eigenvalue weighted by atomic mass is 9.87. The summed E-state index contributed by atoms with van der Waals surface area (Å²) in [5, 5.41) is 14.3. The number of hydrogen-bond donors (Lipinski definition) is 0. The largest absolute Gasteiger partial charge is 0.481 e. The second kappa shape index (κ2) is 11.7. The summed E-state index contributed by atoms with van der Waals surface area (Å²) in [5.74, 6) is 1.48. The molecule has 2 unspecified atom stereocenters. The number of nitrogens with zero attached hydrogens (tertiary/aromatic N) is 9. The van der Waals surface area contributed by atoms with Crippen LogP contribution in [-0.2, 0) is 11.3 Å². The minimum Gasteiger partial charge on any atom is -0.481 e. The average molecular weight is 620 g/mol. The maximum absolute atomic E-state index is 12.6. The third kappa shape index (κ3) is 5.74. The van der Waals surface area contributed by atoms with Crippen molar-refractivity contribution in [2.45, 2.75) is 57.8 Å². The van der Waals surface area contributed by atoms with Crippen LogP contribution >= 0.6 is 0 Å². The molecule has 4 aliphatic rings. The van der Waals surface area contributed by atoms with Gasteiger partial charge in [0.05, 0.1) is 42.5 Å². The number of aromatic nitrogens is 5. The third-order valence-electron chi connectivity index (χ3n) is 8.92. The summed E-state index contributed by atoms with van der Waals surface area (Å²) >= 11 is 0. The average Bonchev–Trinajstić information content (AvgIpc) is 3.50. The summed E-state index contributed by atoms with van der Waals surface area (Å²) in [4.78, 5) is 33.2. The molecule has 4 aromatic rings. The molecule has 0 aromatic carbocycles. The van der Waals surface area contributed by atoms with Crippen LogP contribution in [0.25, 0.3) is 22.3 Å². The van der Waals surface area contributed by atoms with E-state index in [1.54, 1.807) is 28.9 Å². The molecule has 0 aliphatic carbocycles. The standard InChI is InChI=1S/C34H37N9O3/c1-34(2,3)46-33(44)40-9-7-23(8-10-40)24-11-28(32-25(13-35)15-39-43(32)19-24)29-16-37-30(17-36-29)41-20-26-12-27(21-41)42(26)18-22-5-6-31(45-4)38-14-22/h5-7,11,14-17,19,26-27H,8-10,12,18,20-21H2,1-4H3. The van der Waals surface area contributed by atoms with Crippen molar-refractivity contribution < 1.29 is 14.3 Å². The Morgan fingerprint density at radius 3 is 2.54 bits per heavy atom. The Morgan fingerprint density at radius 2 is 1.91 bits per heavy atom. The molecule has 4 aromatic heterocycles. The molecule has 4 aliphatic heterocycles. The highest BCUT2D eigenvalue weighted by Crippen LogP contribution is 2.36. The zero-order chi connectivity index (χ0) is 32.0. The molecule has 2 bridgehead atoms. The van der Waals surface area contributed by atoms with Crippen LogP contribution in [0.5, 0.6) is 5.88 Å². The van der Waals surface area contributed by atoms with Gasteiger partial charge in [0.25, 0.3) is 0 Å². The molecule has 12 nitrogen and oxygen atoms in total. The van der Waals surface area contributed by atoms with Crippen LogP contribution in [0.15, 0.2) is 55.3 Å². The number of piperazine rings is 1. The molecule has 0 saturated carbocycles. The number of nitriles is 1. The van der Waals surface area contributed by atoms with Gasteiger partial charge in [-0.15, -0.1) is 0 Å². The van der Waals surface area contributed by atoms with Crippen molar-refractivity contribution in [2.75, 3.05) is 38.2 Å². The predicted molar refractivity (Wildman–Crippen MR) is 172 cm³/mol. The molecule has 8 heterocycles. The highest BCUT2D eigenvalue weighted by atomic mass is 16.6. The molecule has 236 valence electrons. The topological polar surface area (TPSA) is 125 Å². The lowest BCUT2D eigenvalue weighted by Gasteiger charge is -2.56. The zero-order valence-corrected chi connectivity index (χ0v) is 26.6. The van der Waals surface area contributed by atoms with Crippen LogP contribution in [-0.4, -0.2) is 91.4 Å². The van der Waals surface area contributed by atoms with E-state index in [4.69, 9.17) is 19.4 Å². The van der Waals surface area contributed by atoms with Crippen molar-refractivity contribution in [1.29, 1.82) is 5.26 Å². The first-order valence-corrected chi connectivity index (χ1v) is 15.6. The fourth-order valence-corrected chi connectivity index (χ4v) is 6.59.